The number of ketones is 1. The lowest BCUT2D eigenvalue weighted by Gasteiger charge is -2.29. The monoisotopic (exact) mass is 753 g/mol. The number of hydrogen-bond acceptors (Lipinski definition) is 7. The number of pyridine rings is 1. The summed E-state index contributed by atoms with van der Waals surface area (Å²) < 4.78 is 72.6. The number of H-pyrrole nitrogens is 1. The third-order valence-corrected chi connectivity index (χ3v) is 11.4. The van der Waals surface area contributed by atoms with Crippen LogP contribution in [0.4, 0.5) is 18.9 Å². The standard InChI is InChI=1S/C37H29BF3N6O6S/c39-24-11-12-46(18-24)54(52,53)45-29-8-7-28(40)32(33(29)41)34(49)27-16-43-35-26(27)14-20(15-42-35)19-1-3-22(4-2-19)38-23-5-6-25-21(13-23)17-47(37(25)51)30-9-10-31(48)44-36(30)50/h1-8,13-16,24,30,45H,9-12,17-18H2,(H,42,43)(H,44,48,50)/t24-,30?/m1/s1. The van der Waals surface area contributed by atoms with E-state index in [1.807, 2.05) is 48.4 Å². The summed E-state index contributed by atoms with van der Waals surface area (Å²) in [5.41, 5.74) is 2.86. The summed E-state index contributed by atoms with van der Waals surface area (Å²) in [6.45, 7) is -0.254. The predicted octanol–water partition coefficient (Wildman–Crippen LogP) is 2.86. The van der Waals surface area contributed by atoms with Crippen LogP contribution in [0.2, 0.25) is 0 Å². The lowest BCUT2D eigenvalue weighted by atomic mass is 9.63. The number of halogens is 3. The minimum Gasteiger partial charge on any atom is -0.345 e. The normalized spacial score (nSPS) is 18.9. The van der Waals surface area contributed by atoms with Crippen molar-refractivity contribution >= 4 is 68.6 Å². The fourth-order valence-corrected chi connectivity index (χ4v) is 8.35. The minimum absolute atomic E-state index is 0.00893. The number of aromatic amines is 1. The summed E-state index contributed by atoms with van der Waals surface area (Å²) in [5, 5.41) is 2.58. The molecule has 54 heavy (non-hydrogen) atoms. The molecule has 1 unspecified atom stereocenters. The van der Waals surface area contributed by atoms with Gasteiger partial charge in [-0.25, -0.2) is 18.2 Å². The molecular formula is C37H29BF3N6O6S. The fourth-order valence-electron chi connectivity index (χ4n) is 7.08. The van der Waals surface area contributed by atoms with Crippen LogP contribution in [-0.2, 0) is 26.3 Å². The molecule has 0 aliphatic carbocycles. The van der Waals surface area contributed by atoms with Crippen molar-refractivity contribution < 1.29 is 40.8 Å². The first-order chi connectivity index (χ1) is 25.9. The molecule has 1 radical (unpaired) electrons. The Kier molecular flexibility index (Phi) is 8.85. The molecule has 3 N–H and O–H groups in total. The molecule has 8 rings (SSSR count). The van der Waals surface area contributed by atoms with E-state index in [0.29, 0.717) is 11.1 Å². The molecule has 12 nitrogen and oxygen atoms in total. The molecule has 5 heterocycles. The van der Waals surface area contributed by atoms with Gasteiger partial charge in [-0.3, -0.25) is 29.2 Å². The van der Waals surface area contributed by atoms with E-state index in [9.17, 15) is 32.0 Å². The van der Waals surface area contributed by atoms with E-state index in [4.69, 9.17) is 0 Å². The number of nitrogens with one attached hydrogen (secondary N) is 3. The second-order valence-electron chi connectivity index (χ2n) is 13.4. The van der Waals surface area contributed by atoms with Gasteiger partial charge >= 0.3 is 10.2 Å². The highest BCUT2D eigenvalue weighted by atomic mass is 32.2. The number of nitrogens with zero attached hydrogens (tertiary/aromatic N) is 3. The Morgan fingerprint density at radius 1 is 0.963 bits per heavy atom. The van der Waals surface area contributed by atoms with E-state index in [1.165, 1.54) is 11.1 Å². The first kappa shape index (κ1) is 35.2. The lowest BCUT2D eigenvalue weighted by molar-refractivity contribution is -0.136. The van der Waals surface area contributed by atoms with Crippen LogP contribution in [0, 0.1) is 11.6 Å². The Bertz CT molecular complexity index is 2510. The number of hydrogen-bond donors (Lipinski definition) is 3. The second-order valence-corrected chi connectivity index (χ2v) is 15.0. The van der Waals surface area contributed by atoms with Crippen molar-refractivity contribution in [1.82, 2.24) is 24.5 Å². The number of anilines is 1. The summed E-state index contributed by atoms with van der Waals surface area (Å²) in [6, 6.07) is 15.4. The smallest absolute Gasteiger partial charge is 0.301 e. The van der Waals surface area contributed by atoms with E-state index < -0.39 is 63.5 Å². The summed E-state index contributed by atoms with van der Waals surface area (Å²) in [6.07, 6.45) is 1.94. The van der Waals surface area contributed by atoms with Crippen molar-refractivity contribution in [2.45, 2.75) is 38.0 Å². The number of imide groups is 1. The number of benzene rings is 3. The van der Waals surface area contributed by atoms with Gasteiger partial charge < -0.3 is 9.88 Å². The number of alkyl halides is 1. The molecule has 3 aromatic carbocycles. The van der Waals surface area contributed by atoms with Crippen molar-refractivity contribution in [1.29, 1.82) is 0 Å². The summed E-state index contributed by atoms with van der Waals surface area (Å²) in [5.74, 6) is -4.72. The lowest BCUT2D eigenvalue weighted by Crippen LogP contribution is -2.52. The third-order valence-electron chi connectivity index (χ3n) is 9.89. The Morgan fingerprint density at radius 3 is 2.48 bits per heavy atom. The largest absolute Gasteiger partial charge is 0.345 e. The maximum Gasteiger partial charge on any atom is 0.301 e. The number of piperidine rings is 1. The van der Waals surface area contributed by atoms with E-state index in [2.05, 4.69) is 15.3 Å². The van der Waals surface area contributed by atoms with Crippen molar-refractivity contribution in [3.8, 4) is 11.1 Å². The Labute approximate surface area is 307 Å². The van der Waals surface area contributed by atoms with E-state index in [0.717, 1.165) is 38.5 Å². The fraction of sp³-hybridized carbons (Fsp3) is 0.216. The van der Waals surface area contributed by atoms with E-state index in [-0.39, 0.29) is 60.8 Å². The van der Waals surface area contributed by atoms with Gasteiger partial charge in [-0.2, -0.15) is 12.7 Å². The third kappa shape index (κ3) is 6.42. The molecule has 17 heteroatoms. The first-order valence-corrected chi connectivity index (χ1v) is 18.4. The van der Waals surface area contributed by atoms with Crippen molar-refractivity contribution in [3.05, 3.63) is 107 Å². The highest BCUT2D eigenvalue weighted by Crippen LogP contribution is 2.31. The van der Waals surface area contributed by atoms with Gasteiger partial charge in [0.2, 0.25) is 17.6 Å². The molecule has 2 aromatic heterocycles. The molecule has 0 bridgehead atoms. The zero-order chi connectivity index (χ0) is 37.9. The van der Waals surface area contributed by atoms with Gasteiger partial charge in [-0.05, 0) is 48.2 Å². The summed E-state index contributed by atoms with van der Waals surface area (Å²) >= 11 is 0. The topological polar surface area (TPSA) is 162 Å². The van der Waals surface area contributed by atoms with Crippen molar-refractivity contribution in [3.63, 3.8) is 0 Å². The average molecular weight is 754 g/mol. The van der Waals surface area contributed by atoms with E-state index >= 15 is 8.78 Å². The van der Waals surface area contributed by atoms with Crippen molar-refractivity contribution in [2.24, 2.45) is 0 Å². The summed E-state index contributed by atoms with van der Waals surface area (Å²) in [7, 11) is -2.44. The zero-order valence-electron chi connectivity index (χ0n) is 28.2. The maximum absolute atomic E-state index is 15.7. The average Bonchev–Trinajstić information content (AvgIpc) is 3.87. The van der Waals surface area contributed by atoms with Crippen LogP contribution < -0.4 is 21.0 Å². The second kappa shape index (κ2) is 13.6. The Hall–Kier alpha value is -5.81. The highest BCUT2D eigenvalue weighted by Gasteiger charge is 2.39. The van der Waals surface area contributed by atoms with Gasteiger partial charge in [0.25, 0.3) is 5.91 Å². The minimum atomic E-state index is -4.37. The van der Waals surface area contributed by atoms with Gasteiger partial charge in [0, 0.05) is 60.5 Å². The summed E-state index contributed by atoms with van der Waals surface area (Å²) in [4.78, 5) is 59.4. The van der Waals surface area contributed by atoms with Crippen LogP contribution in [0.25, 0.3) is 22.2 Å². The molecule has 3 aliphatic heterocycles. The first-order valence-electron chi connectivity index (χ1n) is 17.0. The van der Waals surface area contributed by atoms with Gasteiger partial charge in [0.15, 0.2) is 13.1 Å². The number of rotatable bonds is 9. The molecule has 273 valence electrons. The molecule has 0 saturated carbocycles. The van der Waals surface area contributed by atoms with Gasteiger partial charge in [-0.15, -0.1) is 0 Å². The quantitative estimate of drug-likeness (QED) is 0.119. The molecule has 5 aromatic rings. The van der Waals surface area contributed by atoms with Crippen molar-refractivity contribution in [2.75, 3.05) is 17.8 Å². The van der Waals surface area contributed by atoms with Gasteiger partial charge in [0.05, 0.1) is 11.3 Å². The van der Waals surface area contributed by atoms with E-state index in [1.54, 1.807) is 18.3 Å². The zero-order valence-corrected chi connectivity index (χ0v) is 29.1. The van der Waals surface area contributed by atoms with Crippen LogP contribution in [0.15, 0.2) is 73.1 Å². The number of carbonyl (C=O) groups excluding carboxylic acids is 4. The number of aromatic nitrogens is 2. The molecule has 2 saturated heterocycles. The Morgan fingerprint density at radius 2 is 1.74 bits per heavy atom. The van der Waals surface area contributed by atoms with Crippen LogP contribution in [0.5, 0.6) is 0 Å². The predicted molar refractivity (Wildman–Crippen MR) is 192 cm³/mol. The molecule has 2 atom stereocenters. The Balaban J connectivity index is 0.995. The van der Waals surface area contributed by atoms with Crippen LogP contribution in [0.3, 0.4) is 0 Å². The number of carbonyl (C=O) groups is 4. The molecule has 2 fully saturated rings. The van der Waals surface area contributed by atoms with Gasteiger partial charge in [0.1, 0.15) is 23.7 Å². The van der Waals surface area contributed by atoms with Crippen LogP contribution in [0.1, 0.15) is 51.1 Å². The highest BCUT2D eigenvalue weighted by molar-refractivity contribution is 7.90. The van der Waals surface area contributed by atoms with Gasteiger partial charge in [-0.1, -0.05) is 47.3 Å². The molecule has 0 spiro atoms. The molecule has 3 amide bonds. The number of amides is 3. The maximum atomic E-state index is 15.7. The number of fused-ring (bicyclic) bond motifs is 2. The van der Waals surface area contributed by atoms with Crippen LogP contribution >= 0.6 is 0 Å². The SMILES string of the molecule is O=C1CCC(N2Cc3cc([B]c4ccc(-c5cnc6[nH]cc(C(=O)c7c(F)ccc(NS(=O)(=O)N8CC[C@@H](F)C8)c7F)c6c5)cc4)ccc3C2=O)C(=O)N1. The molecule has 3 aliphatic rings. The van der Waals surface area contributed by atoms with Crippen LogP contribution in [-0.4, -0.2) is 83.7 Å². The molecular weight excluding hydrogens is 724 g/mol.